The first-order valence-electron chi connectivity index (χ1n) is 7.35. The van der Waals surface area contributed by atoms with Crippen molar-refractivity contribution in [2.75, 3.05) is 5.75 Å². The summed E-state index contributed by atoms with van der Waals surface area (Å²) < 4.78 is 31.6. The Morgan fingerprint density at radius 2 is 1.77 bits per heavy atom. The summed E-state index contributed by atoms with van der Waals surface area (Å²) in [6.45, 7) is 6.67. The second kappa shape index (κ2) is 6.67. The van der Waals surface area contributed by atoms with Gasteiger partial charge in [-0.1, -0.05) is 45.0 Å². The zero-order valence-corrected chi connectivity index (χ0v) is 14.1. The molecular formula is C17H23NO3S. The highest BCUT2D eigenvalue weighted by molar-refractivity contribution is 7.89. The fraction of sp³-hybridized carbons (Fsp3) is 0.412. The molecule has 0 radical (unpaired) electrons. The Morgan fingerprint density at radius 1 is 1.09 bits per heavy atom. The third-order valence-electron chi connectivity index (χ3n) is 3.53. The molecule has 1 heterocycles. The van der Waals surface area contributed by atoms with Gasteiger partial charge in [0, 0.05) is 0 Å². The number of sulfonamides is 1. The van der Waals surface area contributed by atoms with Gasteiger partial charge in [0.15, 0.2) is 0 Å². The van der Waals surface area contributed by atoms with Gasteiger partial charge in [-0.15, -0.1) is 0 Å². The van der Waals surface area contributed by atoms with Crippen LogP contribution in [0.25, 0.3) is 0 Å². The smallest absolute Gasteiger partial charge is 0.212 e. The molecule has 0 aliphatic rings. The van der Waals surface area contributed by atoms with Crippen molar-refractivity contribution < 1.29 is 12.8 Å². The Morgan fingerprint density at radius 3 is 2.32 bits per heavy atom. The van der Waals surface area contributed by atoms with Gasteiger partial charge in [0.05, 0.1) is 18.6 Å². The summed E-state index contributed by atoms with van der Waals surface area (Å²) in [5.74, 6) is 0.681. The van der Waals surface area contributed by atoms with E-state index in [-0.39, 0.29) is 17.7 Å². The minimum absolute atomic E-state index is 0.0720. The second-order valence-electron chi connectivity index (χ2n) is 6.42. The van der Waals surface area contributed by atoms with Crippen molar-refractivity contribution in [2.24, 2.45) is 0 Å². The number of rotatable bonds is 6. The Labute approximate surface area is 132 Å². The van der Waals surface area contributed by atoms with Crippen LogP contribution in [0, 0.1) is 0 Å². The van der Waals surface area contributed by atoms with Gasteiger partial charge >= 0.3 is 0 Å². The minimum Gasteiger partial charge on any atom is -0.468 e. The Hall–Kier alpha value is -1.59. The largest absolute Gasteiger partial charge is 0.468 e. The molecular weight excluding hydrogens is 298 g/mol. The van der Waals surface area contributed by atoms with E-state index >= 15 is 0 Å². The summed E-state index contributed by atoms with van der Waals surface area (Å²) in [5.41, 5.74) is 2.38. The molecule has 4 nitrogen and oxygen atoms in total. The highest BCUT2D eigenvalue weighted by atomic mass is 32.2. The predicted octanol–water partition coefficient (Wildman–Crippen LogP) is 3.24. The maximum atomic E-state index is 12.0. The van der Waals surface area contributed by atoms with E-state index in [4.69, 9.17) is 4.42 Å². The van der Waals surface area contributed by atoms with Crippen molar-refractivity contribution in [2.45, 2.75) is 39.2 Å². The van der Waals surface area contributed by atoms with E-state index < -0.39 is 10.0 Å². The molecule has 0 bridgehead atoms. The Balaban J connectivity index is 1.88. The Bertz CT molecular complexity index is 681. The molecule has 0 aliphatic carbocycles. The molecule has 1 N–H and O–H groups in total. The number of aryl methyl sites for hydroxylation is 1. The SMILES string of the molecule is CC(C)(C)c1ccc(CCS(=O)(=O)NCc2ccco2)cc1. The van der Waals surface area contributed by atoms with E-state index in [2.05, 4.69) is 37.6 Å². The standard InChI is InChI=1S/C17H23NO3S/c1-17(2,3)15-8-6-14(7-9-15)10-12-22(19,20)18-13-16-5-4-11-21-16/h4-9,11,18H,10,12-13H2,1-3H3. The molecule has 2 aromatic rings. The molecule has 0 saturated heterocycles. The molecule has 0 atom stereocenters. The third kappa shape index (κ3) is 5.00. The van der Waals surface area contributed by atoms with Crippen LogP contribution in [0.2, 0.25) is 0 Å². The molecule has 1 aromatic heterocycles. The summed E-state index contributed by atoms with van der Waals surface area (Å²) in [6.07, 6.45) is 2.03. The maximum absolute atomic E-state index is 12.0. The van der Waals surface area contributed by atoms with Crippen LogP contribution in [0.15, 0.2) is 47.1 Å². The second-order valence-corrected chi connectivity index (χ2v) is 8.34. The zero-order chi connectivity index (χ0) is 16.2. The van der Waals surface area contributed by atoms with Gasteiger partial charge < -0.3 is 4.42 Å². The van der Waals surface area contributed by atoms with Crippen LogP contribution in [-0.2, 0) is 28.4 Å². The molecule has 0 fully saturated rings. The molecule has 0 spiro atoms. The monoisotopic (exact) mass is 321 g/mol. The minimum atomic E-state index is -3.30. The van der Waals surface area contributed by atoms with Crippen molar-refractivity contribution >= 4 is 10.0 Å². The van der Waals surface area contributed by atoms with Crippen LogP contribution in [-0.4, -0.2) is 14.2 Å². The molecule has 5 heteroatoms. The molecule has 0 amide bonds. The van der Waals surface area contributed by atoms with Gasteiger partial charge in [-0.05, 0) is 35.1 Å². The third-order valence-corrected chi connectivity index (χ3v) is 4.85. The zero-order valence-electron chi connectivity index (χ0n) is 13.3. The predicted molar refractivity (Wildman–Crippen MR) is 88.2 cm³/mol. The highest BCUT2D eigenvalue weighted by Crippen LogP contribution is 2.22. The van der Waals surface area contributed by atoms with Crippen molar-refractivity contribution in [3.63, 3.8) is 0 Å². The summed E-state index contributed by atoms with van der Waals surface area (Å²) in [7, 11) is -3.30. The first-order chi connectivity index (χ1) is 10.3. The van der Waals surface area contributed by atoms with E-state index in [0.29, 0.717) is 12.2 Å². The van der Waals surface area contributed by atoms with Crippen LogP contribution in [0.1, 0.15) is 37.7 Å². The number of nitrogens with one attached hydrogen (secondary N) is 1. The molecule has 0 unspecified atom stereocenters. The number of benzene rings is 1. The molecule has 1 aromatic carbocycles. The van der Waals surface area contributed by atoms with E-state index in [1.54, 1.807) is 12.1 Å². The number of hydrogen-bond donors (Lipinski definition) is 1. The van der Waals surface area contributed by atoms with Crippen LogP contribution < -0.4 is 4.72 Å². The lowest BCUT2D eigenvalue weighted by Crippen LogP contribution is -2.26. The summed E-state index contributed by atoms with van der Waals surface area (Å²) in [6, 6.07) is 11.6. The van der Waals surface area contributed by atoms with Gasteiger partial charge in [0.1, 0.15) is 5.76 Å². The lowest BCUT2D eigenvalue weighted by atomic mass is 9.86. The van der Waals surface area contributed by atoms with Crippen LogP contribution in [0.5, 0.6) is 0 Å². The molecule has 0 saturated carbocycles. The maximum Gasteiger partial charge on any atom is 0.212 e. The van der Waals surface area contributed by atoms with E-state index in [9.17, 15) is 8.42 Å². The van der Waals surface area contributed by atoms with Crippen LogP contribution in [0.3, 0.4) is 0 Å². The topological polar surface area (TPSA) is 59.3 Å². The molecule has 120 valence electrons. The number of furan rings is 1. The van der Waals surface area contributed by atoms with Gasteiger partial charge in [-0.3, -0.25) is 0 Å². The van der Waals surface area contributed by atoms with Crippen molar-refractivity contribution in [1.82, 2.24) is 4.72 Å². The van der Waals surface area contributed by atoms with Gasteiger partial charge in [-0.25, -0.2) is 13.1 Å². The normalized spacial score (nSPS) is 12.5. The summed E-state index contributed by atoms with van der Waals surface area (Å²) >= 11 is 0. The molecule has 0 aliphatic heterocycles. The first-order valence-corrected chi connectivity index (χ1v) is 9.01. The van der Waals surface area contributed by atoms with E-state index in [1.807, 2.05) is 12.1 Å². The van der Waals surface area contributed by atoms with Crippen molar-refractivity contribution in [1.29, 1.82) is 0 Å². The van der Waals surface area contributed by atoms with Crippen molar-refractivity contribution in [3.8, 4) is 0 Å². The number of hydrogen-bond acceptors (Lipinski definition) is 3. The lowest BCUT2D eigenvalue weighted by molar-refractivity contribution is 0.498. The van der Waals surface area contributed by atoms with Gasteiger partial charge in [0.2, 0.25) is 10.0 Å². The molecule has 2 rings (SSSR count). The van der Waals surface area contributed by atoms with Crippen LogP contribution in [0.4, 0.5) is 0 Å². The average molecular weight is 321 g/mol. The summed E-state index contributed by atoms with van der Waals surface area (Å²) in [5, 5.41) is 0. The van der Waals surface area contributed by atoms with Gasteiger partial charge in [0.25, 0.3) is 0 Å². The van der Waals surface area contributed by atoms with E-state index in [0.717, 1.165) is 5.56 Å². The van der Waals surface area contributed by atoms with Crippen molar-refractivity contribution in [3.05, 3.63) is 59.5 Å². The average Bonchev–Trinajstić information content (AvgIpc) is 2.96. The Kier molecular flexibility index (Phi) is 5.08. The lowest BCUT2D eigenvalue weighted by Gasteiger charge is -2.19. The highest BCUT2D eigenvalue weighted by Gasteiger charge is 2.14. The van der Waals surface area contributed by atoms with Gasteiger partial charge in [-0.2, -0.15) is 0 Å². The fourth-order valence-corrected chi connectivity index (χ4v) is 3.10. The first kappa shape index (κ1) is 16.8. The molecule has 22 heavy (non-hydrogen) atoms. The summed E-state index contributed by atoms with van der Waals surface area (Å²) in [4.78, 5) is 0. The van der Waals surface area contributed by atoms with E-state index in [1.165, 1.54) is 11.8 Å². The quantitative estimate of drug-likeness (QED) is 0.888. The fourth-order valence-electron chi connectivity index (χ4n) is 2.09. The van der Waals surface area contributed by atoms with Crippen LogP contribution >= 0.6 is 0 Å².